The van der Waals surface area contributed by atoms with E-state index in [0.717, 1.165) is 17.9 Å². The van der Waals surface area contributed by atoms with Gasteiger partial charge in [-0.15, -0.1) is 0 Å². The Morgan fingerprint density at radius 2 is 2.25 bits per heavy atom. The number of carboxylic acid groups (broad SMARTS) is 1. The Morgan fingerprint density at radius 1 is 1.44 bits per heavy atom. The predicted octanol–water partition coefficient (Wildman–Crippen LogP) is 2.49. The van der Waals surface area contributed by atoms with Crippen molar-refractivity contribution in [3.63, 3.8) is 0 Å². The molecule has 1 aliphatic rings. The molecule has 1 aromatic carbocycles. The van der Waals surface area contributed by atoms with Gasteiger partial charge < -0.3 is 9.84 Å². The van der Waals surface area contributed by atoms with Crippen LogP contribution in [-0.4, -0.2) is 17.7 Å². The van der Waals surface area contributed by atoms with Gasteiger partial charge >= 0.3 is 5.97 Å². The van der Waals surface area contributed by atoms with Crippen LogP contribution in [0.15, 0.2) is 24.3 Å². The average molecular weight is 220 g/mol. The Morgan fingerprint density at radius 3 is 2.88 bits per heavy atom. The summed E-state index contributed by atoms with van der Waals surface area (Å²) in [6, 6.07) is 7.34. The van der Waals surface area contributed by atoms with Crippen molar-refractivity contribution >= 4 is 5.97 Å². The average Bonchev–Trinajstić information content (AvgIpc) is 2.14. The molecule has 86 valence electrons. The SMILES string of the molecule is O=C(O)Cc1cccc(OCC2CCC2)c1. The molecule has 0 atom stereocenters. The molecule has 0 unspecified atom stereocenters. The molecule has 1 aromatic rings. The number of hydrogen-bond acceptors (Lipinski definition) is 2. The Labute approximate surface area is 95.0 Å². The number of ether oxygens (including phenoxy) is 1. The largest absolute Gasteiger partial charge is 0.493 e. The summed E-state index contributed by atoms with van der Waals surface area (Å²) < 4.78 is 5.64. The van der Waals surface area contributed by atoms with Crippen molar-refractivity contribution in [2.75, 3.05) is 6.61 Å². The Hall–Kier alpha value is -1.51. The molecule has 0 spiro atoms. The molecule has 3 heteroatoms. The Bertz CT molecular complexity index is 369. The second-order valence-corrected chi connectivity index (χ2v) is 4.33. The van der Waals surface area contributed by atoms with Crippen molar-refractivity contribution in [2.45, 2.75) is 25.7 Å². The number of carbonyl (C=O) groups is 1. The zero-order chi connectivity index (χ0) is 11.4. The van der Waals surface area contributed by atoms with Crippen LogP contribution in [0.25, 0.3) is 0 Å². The van der Waals surface area contributed by atoms with E-state index >= 15 is 0 Å². The fourth-order valence-corrected chi connectivity index (χ4v) is 1.79. The molecule has 0 heterocycles. The molecule has 0 bridgehead atoms. The maximum Gasteiger partial charge on any atom is 0.307 e. The lowest BCUT2D eigenvalue weighted by Crippen LogP contribution is -2.19. The summed E-state index contributed by atoms with van der Waals surface area (Å²) in [7, 11) is 0. The fraction of sp³-hybridized carbons (Fsp3) is 0.462. The first-order valence-electron chi connectivity index (χ1n) is 5.67. The van der Waals surface area contributed by atoms with Crippen LogP contribution < -0.4 is 4.74 Å². The highest BCUT2D eigenvalue weighted by molar-refractivity contribution is 5.70. The monoisotopic (exact) mass is 220 g/mol. The maximum absolute atomic E-state index is 10.6. The minimum atomic E-state index is -0.809. The third-order valence-corrected chi connectivity index (χ3v) is 2.96. The number of carboxylic acids is 1. The van der Waals surface area contributed by atoms with Crippen LogP contribution in [0, 0.1) is 5.92 Å². The van der Waals surface area contributed by atoms with E-state index in [-0.39, 0.29) is 6.42 Å². The van der Waals surface area contributed by atoms with E-state index in [9.17, 15) is 4.79 Å². The van der Waals surface area contributed by atoms with Gasteiger partial charge in [0.1, 0.15) is 5.75 Å². The van der Waals surface area contributed by atoms with Gasteiger partial charge in [-0.2, -0.15) is 0 Å². The van der Waals surface area contributed by atoms with Crippen molar-refractivity contribution < 1.29 is 14.6 Å². The molecular weight excluding hydrogens is 204 g/mol. The highest BCUT2D eigenvalue weighted by Gasteiger charge is 2.17. The summed E-state index contributed by atoms with van der Waals surface area (Å²) in [6.45, 7) is 0.760. The molecule has 0 aromatic heterocycles. The van der Waals surface area contributed by atoms with Crippen LogP contribution in [0.4, 0.5) is 0 Å². The molecular formula is C13H16O3. The number of aliphatic carboxylic acids is 1. The van der Waals surface area contributed by atoms with Gasteiger partial charge in [-0.25, -0.2) is 0 Å². The van der Waals surface area contributed by atoms with Gasteiger partial charge in [-0.3, -0.25) is 4.79 Å². The molecule has 3 nitrogen and oxygen atoms in total. The van der Waals surface area contributed by atoms with Crippen molar-refractivity contribution in [1.29, 1.82) is 0 Å². The van der Waals surface area contributed by atoms with E-state index in [1.54, 1.807) is 0 Å². The molecule has 0 radical (unpaired) electrons. The lowest BCUT2D eigenvalue weighted by Gasteiger charge is -2.25. The van der Waals surface area contributed by atoms with Crippen LogP contribution >= 0.6 is 0 Å². The normalized spacial score (nSPS) is 15.5. The predicted molar refractivity (Wildman–Crippen MR) is 60.6 cm³/mol. The third kappa shape index (κ3) is 2.99. The summed E-state index contributed by atoms with van der Waals surface area (Å²) in [6.07, 6.45) is 3.89. The van der Waals surface area contributed by atoms with Gasteiger partial charge in [0.05, 0.1) is 13.0 Å². The minimum Gasteiger partial charge on any atom is -0.493 e. The van der Waals surface area contributed by atoms with Gasteiger partial charge in [0.15, 0.2) is 0 Å². The summed E-state index contributed by atoms with van der Waals surface area (Å²) in [5.74, 6) is 0.671. The van der Waals surface area contributed by atoms with Crippen LogP contribution in [0.2, 0.25) is 0 Å². The summed E-state index contributed by atoms with van der Waals surface area (Å²) >= 11 is 0. The second kappa shape index (κ2) is 5.01. The quantitative estimate of drug-likeness (QED) is 0.829. The van der Waals surface area contributed by atoms with E-state index in [1.807, 2.05) is 24.3 Å². The van der Waals surface area contributed by atoms with Crippen molar-refractivity contribution in [3.05, 3.63) is 29.8 Å². The highest BCUT2D eigenvalue weighted by atomic mass is 16.5. The third-order valence-electron chi connectivity index (χ3n) is 2.96. The number of benzene rings is 1. The number of rotatable bonds is 5. The van der Waals surface area contributed by atoms with E-state index < -0.39 is 5.97 Å². The summed E-state index contributed by atoms with van der Waals surface area (Å²) in [5.41, 5.74) is 0.790. The number of hydrogen-bond donors (Lipinski definition) is 1. The van der Waals surface area contributed by atoms with Crippen LogP contribution in [-0.2, 0) is 11.2 Å². The first-order chi connectivity index (χ1) is 7.74. The lowest BCUT2D eigenvalue weighted by molar-refractivity contribution is -0.136. The molecule has 0 saturated heterocycles. The lowest BCUT2D eigenvalue weighted by atomic mass is 9.86. The Balaban J connectivity index is 1.89. The molecule has 1 aliphatic carbocycles. The molecule has 1 fully saturated rings. The van der Waals surface area contributed by atoms with Crippen molar-refractivity contribution in [3.8, 4) is 5.75 Å². The van der Waals surface area contributed by atoms with Gasteiger partial charge in [0.25, 0.3) is 0 Å². The van der Waals surface area contributed by atoms with Crippen LogP contribution in [0.3, 0.4) is 0 Å². The second-order valence-electron chi connectivity index (χ2n) is 4.33. The van der Waals surface area contributed by atoms with E-state index in [2.05, 4.69) is 0 Å². The van der Waals surface area contributed by atoms with E-state index in [4.69, 9.17) is 9.84 Å². The van der Waals surface area contributed by atoms with E-state index in [0.29, 0.717) is 5.92 Å². The van der Waals surface area contributed by atoms with E-state index in [1.165, 1.54) is 19.3 Å². The molecule has 1 saturated carbocycles. The topological polar surface area (TPSA) is 46.5 Å². The minimum absolute atomic E-state index is 0.0562. The zero-order valence-corrected chi connectivity index (χ0v) is 9.19. The van der Waals surface area contributed by atoms with Crippen molar-refractivity contribution in [1.82, 2.24) is 0 Å². The first kappa shape index (κ1) is 11.0. The van der Waals surface area contributed by atoms with Gasteiger partial charge in [-0.05, 0) is 36.5 Å². The smallest absolute Gasteiger partial charge is 0.307 e. The summed E-state index contributed by atoms with van der Waals surface area (Å²) in [5, 5.41) is 8.68. The van der Waals surface area contributed by atoms with Crippen LogP contribution in [0.1, 0.15) is 24.8 Å². The van der Waals surface area contributed by atoms with Gasteiger partial charge in [0, 0.05) is 0 Å². The zero-order valence-electron chi connectivity index (χ0n) is 9.19. The standard InChI is InChI=1S/C13H16O3/c14-13(15)8-11-5-2-6-12(7-11)16-9-10-3-1-4-10/h2,5-7,10H,1,3-4,8-9H2,(H,14,15). The summed E-state index contributed by atoms with van der Waals surface area (Å²) in [4.78, 5) is 10.6. The molecule has 0 aliphatic heterocycles. The first-order valence-corrected chi connectivity index (χ1v) is 5.67. The van der Waals surface area contributed by atoms with Crippen molar-refractivity contribution in [2.24, 2.45) is 5.92 Å². The molecule has 16 heavy (non-hydrogen) atoms. The highest BCUT2D eigenvalue weighted by Crippen LogP contribution is 2.27. The van der Waals surface area contributed by atoms with Gasteiger partial charge in [0.2, 0.25) is 0 Å². The fourth-order valence-electron chi connectivity index (χ4n) is 1.79. The van der Waals surface area contributed by atoms with Gasteiger partial charge in [-0.1, -0.05) is 18.6 Å². The Kier molecular flexibility index (Phi) is 3.44. The molecule has 1 N–H and O–H groups in total. The van der Waals surface area contributed by atoms with Crippen LogP contribution in [0.5, 0.6) is 5.75 Å². The molecule has 0 amide bonds. The maximum atomic E-state index is 10.6. The molecule has 2 rings (SSSR count).